The molecule has 1 fully saturated rings. The molecule has 1 aliphatic rings. The number of likely N-dealkylation sites (N-methyl/N-ethyl adjacent to an activating group) is 1. The van der Waals surface area contributed by atoms with E-state index in [1.807, 2.05) is 0 Å². The summed E-state index contributed by atoms with van der Waals surface area (Å²) in [5, 5.41) is 3.70. The highest BCUT2D eigenvalue weighted by Gasteiger charge is 2.26. The molecule has 1 N–H and O–H groups in total. The zero-order valence-corrected chi connectivity index (χ0v) is 13.5. The van der Waals surface area contributed by atoms with Crippen LogP contribution in [0, 0.1) is 5.92 Å². The molecule has 112 valence electrons. The first-order chi connectivity index (χ1) is 9.58. The van der Waals surface area contributed by atoms with Crippen LogP contribution >= 0.6 is 0 Å². The molecule has 0 heterocycles. The van der Waals surface area contributed by atoms with E-state index in [4.69, 9.17) is 0 Å². The van der Waals surface area contributed by atoms with Crippen LogP contribution < -0.4 is 5.32 Å². The van der Waals surface area contributed by atoms with E-state index < -0.39 is 0 Å². The molecule has 0 radical (unpaired) electrons. The Bertz CT molecular complexity index is 384. The first-order valence-corrected chi connectivity index (χ1v) is 8.08. The van der Waals surface area contributed by atoms with Gasteiger partial charge in [-0.05, 0) is 44.7 Å². The summed E-state index contributed by atoms with van der Waals surface area (Å²) >= 11 is 0. The molecule has 0 saturated heterocycles. The molecule has 0 aliphatic heterocycles. The number of hydrogen-bond donors (Lipinski definition) is 1. The van der Waals surface area contributed by atoms with Gasteiger partial charge in [0.25, 0.3) is 0 Å². The van der Waals surface area contributed by atoms with E-state index in [0.717, 1.165) is 18.5 Å². The smallest absolute Gasteiger partial charge is 0.0472 e. The first-order valence-electron chi connectivity index (χ1n) is 8.08. The number of benzene rings is 1. The molecular formula is C18H30N2. The molecule has 1 aliphatic carbocycles. The lowest BCUT2D eigenvalue weighted by Crippen LogP contribution is -2.39. The fourth-order valence-corrected chi connectivity index (χ4v) is 2.89. The standard InChI is InChI=1S/C18H30N2/c1-14(2)12-15(3)20(4)18(13-19-17-10-11-17)16-8-6-5-7-9-16/h5-9,14-15,17-19H,10-13H2,1-4H3. The van der Waals surface area contributed by atoms with Gasteiger partial charge in [-0.3, -0.25) is 4.90 Å². The molecule has 0 bridgehead atoms. The number of rotatable bonds is 8. The van der Waals surface area contributed by atoms with Gasteiger partial charge in [0.05, 0.1) is 0 Å². The normalized spacial score (nSPS) is 18.5. The summed E-state index contributed by atoms with van der Waals surface area (Å²) in [6.07, 6.45) is 3.96. The first kappa shape index (κ1) is 15.5. The lowest BCUT2D eigenvalue weighted by Gasteiger charge is -2.34. The van der Waals surface area contributed by atoms with Gasteiger partial charge in [-0.15, -0.1) is 0 Å². The largest absolute Gasteiger partial charge is 0.312 e. The second-order valence-electron chi connectivity index (χ2n) is 6.75. The van der Waals surface area contributed by atoms with E-state index in [-0.39, 0.29) is 0 Å². The Balaban J connectivity index is 2.03. The zero-order valence-electron chi connectivity index (χ0n) is 13.5. The lowest BCUT2D eigenvalue weighted by atomic mass is 9.99. The Morgan fingerprint density at radius 2 is 1.80 bits per heavy atom. The van der Waals surface area contributed by atoms with E-state index in [1.165, 1.54) is 24.8 Å². The van der Waals surface area contributed by atoms with Crippen LogP contribution in [0.15, 0.2) is 30.3 Å². The molecule has 20 heavy (non-hydrogen) atoms. The number of nitrogens with one attached hydrogen (secondary N) is 1. The van der Waals surface area contributed by atoms with Crippen molar-refractivity contribution < 1.29 is 0 Å². The topological polar surface area (TPSA) is 15.3 Å². The summed E-state index contributed by atoms with van der Waals surface area (Å²) in [6, 6.07) is 12.8. The molecule has 2 unspecified atom stereocenters. The van der Waals surface area contributed by atoms with E-state index in [1.54, 1.807) is 0 Å². The minimum atomic E-state index is 0.477. The van der Waals surface area contributed by atoms with E-state index in [9.17, 15) is 0 Å². The Labute approximate surface area is 124 Å². The van der Waals surface area contributed by atoms with Crippen molar-refractivity contribution in [3.63, 3.8) is 0 Å². The molecule has 2 nitrogen and oxygen atoms in total. The summed E-state index contributed by atoms with van der Waals surface area (Å²) < 4.78 is 0. The zero-order chi connectivity index (χ0) is 14.5. The van der Waals surface area contributed by atoms with Crippen LogP contribution in [0.5, 0.6) is 0 Å². The van der Waals surface area contributed by atoms with Crippen LogP contribution in [0.25, 0.3) is 0 Å². The molecule has 1 saturated carbocycles. The molecule has 1 aromatic carbocycles. The quantitative estimate of drug-likeness (QED) is 0.774. The Morgan fingerprint density at radius 3 is 2.35 bits per heavy atom. The predicted octanol–water partition coefficient (Wildman–Crippen LogP) is 3.85. The molecule has 0 amide bonds. The Hall–Kier alpha value is -0.860. The average Bonchev–Trinajstić information content (AvgIpc) is 3.23. The van der Waals surface area contributed by atoms with Crippen molar-refractivity contribution in [1.29, 1.82) is 0 Å². The second kappa shape index (κ2) is 7.24. The van der Waals surface area contributed by atoms with Crippen molar-refractivity contribution in [2.45, 2.75) is 58.2 Å². The average molecular weight is 274 g/mol. The second-order valence-corrected chi connectivity index (χ2v) is 6.75. The highest BCUT2D eigenvalue weighted by molar-refractivity contribution is 5.19. The maximum atomic E-state index is 3.70. The van der Waals surface area contributed by atoms with Crippen LogP contribution in [0.3, 0.4) is 0 Å². The van der Waals surface area contributed by atoms with Gasteiger partial charge >= 0.3 is 0 Å². The highest BCUT2D eigenvalue weighted by Crippen LogP contribution is 2.25. The van der Waals surface area contributed by atoms with E-state index >= 15 is 0 Å². The van der Waals surface area contributed by atoms with Crippen LogP contribution in [-0.4, -0.2) is 30.6 Å². The number of nitrogens with zero attached hydrogens (tertiary/aromatic N) is 1. The van der Waals surface area contributed by atoms with Gasteiger partial charge in [-0.2, -0.15) is 0 Å². The summed E-state index contributed by atoms with van der Waals surface area (Å²) in [6.45, 7) is 8.04. The van der Waals surface area contributed by atoms with Crippen LogP contribution in [0.1, 0.15) is 51.6 Å². The maximum Gasteiger partial charge on any atom is 0.0472 e. The summed E-state index contributed by atoms with van der Waals surface area (Å²) in [7, 11) is 2.28. The van der Waals surface area contributed by atoms with Crippen LogP contribution in [-0.2, 0) is 0 Å². The van der Waals surface area contributed by atoms with Crippen LogP contribution in [0.2, 0.25) is 0 Å². The maximum absolute atomic E-state index is 3.70. The fraction of sp³-hybridized carbons (Fsp3) is 0.667. The molecular weight excluding hydrogens is 244 g/mol. The van der Waals surface area contributed by atoms with Crippen molar-refractivity contribution in [3.8, 4) is 0 Å². The van der Waals surface area contributed by atoms with Crippen molar-refractivity contribution in [1.82, 2.24) is 10.2 Å². The van der Waals surface area contributed by atoms with Gasteiger partial charge in [0, 0.05) is 24.7 Å². The summed E-state index contributed by atoms with van der Waals surface area (Å²) in [5.41, 5.74) is 1.43. The molecule has 1 aromatic rings. The molecule has 2 heteroatoms. The predicted molar refractivity (Wildman–Crippen MR) is 86.9 cm³/mol. The number of hydrogen-bond acceptors (Lipinski definition) is 2. The monoisotopic (exact) mass is 274 g/mol. The van der Waals surface area contributed by atoms with Gasteiger partial charge in [0.1, 0.15) is 0 Å². The lowest BCUT2D eigenvalue weighted by molar-refractivity contribution is 0.161. The van der Waals surface area contributed by atoms with Gasteiger partial charge < -0.3 is 5.32 Å². The molecule has 2 rings (SSSR count). The summed E-state index contributed by atoms with van der Waals surface area (Å²) in [4.78, 5) is 2.55. The molecule has 0 spiro atoms. The van der Waals surface area contributed by atoms with E-state index in [2.05, 4.69) is 68.4 Å². The summed E-state index contributed by atoms with van der Waals surface area (Å²) in [5.74, 6) is 0.750. The Kier molecular flexibility index (Phi) is 5.62. The van der Waals surface area contributed by atoms with Crippen LogP contribution in [0.4, 0.5) is 0 Å². The minimum absolute atomic E-state index is 0.477. The SMILES string of the molecule is CC(C)CC(C)N(C)C(CNC1CC1)c1ccccc1. The molecule has 2 atom stereocenters. The van der Waals surface area contributed by atoms with Crippen molar-refractivity contribution in [2.75, 3.05) is 13.6 Å². The van der Waals surface area contributed by atoms with Gasteiger partial charge in [-0.25, -0.2) is 0 Å². The Morgan fingerprint density at radius 1 is 1.15 bits per heavy atom. The fourth-order valence-electron chi connectivity index (χ4n) is 2.89. The van der Waals surface area contributed by atoms with Gasteiger partial charge in [0.2, 0.25) is 0 Å². The van der Waals surface area contributed by atoms with Crippen molar-refractivity contribution in [3.05, 3.63) is 35.9 Å². The van der Waals surface area contributed by atoms with Crippen molar-refractivity contribution in [2.24, 2.45) is 5.92 Å². The van der Waals surface area contributed by atoms with Crippen molar-refractivity contribution >= 4 is 0 Å². The third kappa shape index (κ3) is 4.60. The minimum Gasteiger partial charge on any atom is -0.312 e. The molecule has 0 aromatic heterocycles. The third-order valence-corrected chi connectivity index (χ3v) is 4.36. The third-order valence-electron chi connectivity index (χ3n) is 4.36. The highest BCUT2D eigenvalue weighted by atomic mass is 15.2. The van der Waals surface area contributed by atoms with Gasteiger partial charge in [-0.1, -0.05) is 44.2 Å². The van der Waals surface area contributed by atoms with Gasteiger partial charge in [0.15, 0.2) is 0 Å². The van der Waals surface area contributed by atoms with E-state index in [0.29, 0.717) is 12.1 Å².